The van der Waals surface area contributed by atoms with Gasteiger partial charge in [0.2, 0.25) is 0 Å². The second kappa shape index (κ2) is 11.2. The summed E-state index contributed by atoms with van der Waals surface area (Å²) in [7, 11) is 0. The van der Waals surface area contributed by atoms with Crippen molar-refractivity contribution < 1.29 is 18.3 Å². The smallest absolute Gasteiger partial charge is 0.251 e. The van der Waals surface area contributed by atoms with Crippen LogP contribution in [0.1, 0.15) is 53.5 Å². The van der Waals surface area contributed by atoms with Gasteiger partial charge in [0.1, 0.15) is 11.5 Å². The zero-order chi connectivity index (χ0) is 25.7. The molecule has 2 N–H and O–H groups in total. The molecule has 0 unspecified atom stereocenters. The molecule has 1 heterocycles. The third-order valence-corrected chi connectivity index (χ3v) is 6.32. The van der Waals surface area contributed by atoms with Crippen molar-refractivity contribution in [1.29, 1.82) is 0 Å². The van der Waals surface area contributed by atoms with Crippen LogP contribution >= 0.6 is 0 Å². The van der Waals surface area contributed by atoms with Crippen LogP contribution in [0.2, 0.25) is 0 Å². The maximum atomic E-state index is 14.0. The predicted octanol–water partition coefficient (Wildman–Crippen LogP) is 7.41. The lowest BCUT2D eigenvalue weighted by atomic mass is 9.97. The number of rotatable bonds is 10. The lowest BCUT2D eigenvalue weighted by Crippen LogP contribution is -2.13. The Labute approximate surface area is 210 Å². The summed E-state index contributed by atoms with van der Waals surface area (Å²) in [5.74, 6) is -0.969. The molecule has 4 nitrogen and oxygen atoms in total. The third-order valence-electron chi connectivity index (χ3n) is 6.32. The molecule has 0 bridgehead atoms. The fourth-order valence-electron chi connectivity index (χ4n) is 4.59. The molecule has 1 aromatic heterocycles. The van der Waals surface area contributed by atoms with Gasteiger partial charge in [-0.2, -0.15) is 0 Å². The zero-order valence-corrected chi connectivity index (χ0v) is 20.6. The molecule has 0 atom stereocenters. The van der Waals surface area contributed by atoms with Crippen LogP contribution in [-0.4, -0.2) is 10.5 Å². The van der Waals surface area contributed by atoms with Crippen molar-refractivity contribution in [3.63, 3.8) is 0 Å². The van der Waals surface area contributed by atoms with E-state index in [1.54, 1.807) is 6.07 Å². The van der Waals surface area contributed by atoms with Crippen LogP contribution in [0.15, 0.2) is 72.8 Å². The van der Waals surface area contributed by atoms with Gasteiger partial charge in [0.25, 0.3) is 5.91 Å². The first-order chi connectivity index (χ1) is 17.4. The van der Waals surface area contributed by atoms with E-state index in [1.807, 2.05) is 66.1 Å². The van der Waals surface area contributed by atoms with E-state index in [2.05, 4.69) is 6.92 Å². The topological polar surface area (TPSA) is 57.2 Å². The number of aromatic nitrogens is 1. The first kappa shape index (κ1) is 25.2. The van der Waals surface area contributed by atoms with Gasteiger partial charge in [-0.25, -0.2) is 8.78 Å². The Morgan fingerprint density at radius 1 is 0.917 bits per heavy atom. The number of nitrogens with two attached hydrogens (primary N) is 1. The number of unbranched alkanes of at least 4 members (excludes halogenated alkanes) is 2. The first-order valence-electron chi connectivity index (χ1n) is 12.2. The summed E-state index contributed by atoms with van der Waals surface area (Å²) in [5.41, 5.74) is 10.1. The van der Waals surface area contributed by atoms with E-state index in [1.165, 1.54) is 6.07 Å². The number of carbonyl (C=O) groups excluding carboxylic acids is 1. The molecule has 186 valence electrons. The number of ether oxygens (including phenoxy) is 1. The number of nitrogens with zero attached hydrogens (tertiary/aromatic N) is 1. The van der Waals surface area contributed by atoms with E-state index in [4.69, 9.17) is 10.5 Å². The van der Waals surface area contributed by atoms with Crippen LogP contribution in [-0.2, 0) is 13.0 Å². The highest BCUT2D eigenvalue weighted by molar-refractivity contribution is 6.02. The van der Waals surface area contributed by atoms with Crippen LogP contribution in [0.5, 0.6) is 11.5 Å². The Morgan fingerprint density at radius 3 is 2.36 bits per heavy atom. The average molecular weight is 489 g/mol. The number of amides is 1. The van der Waals surface area contributed by atoms with Crippen LogP contribution < -0.4 is 10.5 Å². The molecule has 0 aliphatic carbocycles. The van der Waals surface area contributed by atoms with Gasteiger partial charge in [0.15, 0.2) is 11.6 Å². The van der Waals surface area contributed by atoms with Crippen LogP contribution in [0, 0.1) is 18.6 Å². The van der Waals surface area contributed by atoms with Gasteiger partial charge in [0, 0.05) is 23.5 Å². The SMILES string of the molecule is CCCCCc1c(-c2cccc(Oc3ccccc3)c2)c(C(N)=O)c(C)n1Cc1ccc(F)c(F)c1. The lowest BCUT2D eigenvalue weighted by molar-refractivity contribution is 0.1000. The molecule has 0 fully saturated rings. The molecule has 36 heavy (non-hydrogen) atoms. The fraction of sp³-hybridized carbons (Fsp3) is 0.233. The molecular formula is C30H30F2N2O2. The molecular weight excluding hydrogens is 458 g/mol. The van der Waals surface area contributed by atoms with Gasteiger partial charge in [-0.05, 0) is 67.3 Å². The molecule has 1 amide bonds. The predicted molar refractivity (Wildman–Crippen MR) is 138 cm³/mol. The van der Waals surface area contributed by atoms with Crippen molar-refractivity contribution in [2.24, 2.45) is 5.73 Å². The number of benzene rings is 3. The highest BCUT2D eigenvalue weighted by Gasteiger charge is 2.25. The summed E-state index contributed by atoms with van der Waals surface area (Å²) in [6.07, 6.45) is 3.70. The number of carbonyl (C=O) groups is 1. The summed E-state index contributed by atoms with van der Waals surface area (Å²) < 4.78 is 35.5. The first-order valence-corrected chi connectivity index (χ1v) is 12.2. The van der Waals surface area contributed by atoms with E-state index in [0.717, 1.165) is 42.1 Å². The minimum Gasteiger partial charge on any atom is -0.457 e. The third kappa shape index (κ3) is 5.48. The van der Waals surface area contributed by atoms with Crippen molar-refractivity contribution in [1.82, 2.24) is 4.57 Å². The highest BCUT2D eigenvalue weighted by atomic mass is 19.2. The van der Waals surface area contributed by atoms with Crippen LogP contribution in [0.25, 0.3) is 11.1 Å². The summed E-state index contributed by atoms with van der Waals surface area (Å²) in [4.78, 5) is 12.7. The molecule has 0 saturated carbocycles. The van der Waals surface area contributed by atoms with Gasteiger partial charge in [-0.15, -0.1) is 0 Å². The van der Waals surface area contributed by atoms with Crippen molar-refractivity contribution in [2.75, 3.05) is 0 Å². The Balaban J connectivity index is 1.83. The number of primary amides is 1. The number of para-hydroxylation sites is 1. The van der Waals surface area contributed by atoms with Crippen molar-refractivity contribution in [2.45, 2.75) is 46.1 Å². The zero-order valence-electron chi connectivity index (χ0n) is 20.6. The van der Waals surface area contributed by atoms with Crippen molar-refractivity contribution >= 4 is 5.91 Å². The highest BCUT2D eigenvalue weighted by Crippen LogP contribution is 2.36. The van der Waals surface area contributed by atoms with Crippen molar-refractivity contribution in [3.8, 4) is 22.6 Å². The Kier molecular flexibility index (Phi) is 7.84. The second-order valence-corrected chi connectivity index (χ2v) is 8.88. The molecule has 0 saturated heterocycles. The quantitative estimate of drug-likeness (QED) is 0.236. The maximum Gasteiger partial charge on any atom is 0.251 e. The molecule has 6 heteroatoms. The molecule has 4 aromatic rings. The van der Waals surface area contributed by atoms with E-state index in [0.29, 0.717) is 41.3 Å². The number of hydrogen-bond donors (Lipinski definition) is 1. The molecule has 0 aliphatic heterocycles. The van der Waals surface area contributed by atoms with E-state index < -0.39 is 17.5 Å². The molecule has 0 aliphatic rings. The van der Waals surface area contributed by atoms with Gasteiger partial charge in [-0.1, -0.05) is 56.2 Å². The van der Waals surface area contributed by atoms with Crippen molar-refractivity contribution in [3.05, 3.63) is 107 Å². The van der Waals surface area contributed by atoms with Crippen LogP contribution in [0.3, 0.4) is 0 Å². The largest absolute Gasteiger partial charge is 0.457 e. The van der Waals surface area contributed by atoms with Gasteiger partial charge < -0.3 is 15.0 Å². The van der Waals surface area contributed by atoms with Gasteiger partial charge in [0.05, 0.1) is 5.56 Å². The minimum absolute atomic E-state index is 0.297. The second-order valence-electron chi connectivity index (χ2n) is 8.88. The standard InChI is InChI=1S/C30H30F2N2O2/c1-3-4-6-14-27-29(22-10-9-13-24(18-22)36-23-11-7-5-8-12-23)28(30(33)35)20(2)34(27)19-21-15-16-25(31)26(32)17-21/h5,7-13,15-18H,3-4,6,14,19H2,1-2H3,(H2,33,35). The lowest BCUT2D eigenvalue weighted by Gasteiger charge is -2.14. The average Bonchev–Trinajstić information content (AvgIpc) is 3.14. The normalized spacial score (nSPS) is 11.0. The summed E-state index contributed by atoms with van der Waals surface area (Å²) in [5, 5.41) is 0. The fourth-order valence-corrected chi connectivity index (χ4v) is 4.59. The Morgan fingerprint density at radius 2 is 1.67 bits per heavy atom. The molecule has 0 radical (unpaired) electrons. The minimum atomic E-state index is -0.897. The Hall–Kier alpha value is -3.93. The van der Waals surface area contributed by atoms with Gasteiger partial charge >= 0.3 is 0 Å². The van der Waals surface area contributed by atoms with E-state index in [9.17, 15) is 13.6 Å². The van der Waals surface area contributed by atoms with Gasteiger partial charge in [-0.3, -0.25) is 4.79 Å². The molecule has 0 spiro atoms. The molecule has 4 rings (SSSR count). The maximum absolute atomic E-state index is 14.0. The summed E-state index contributed by atoms with van der Waals surface area (Å²) >= 11 is 0. The summed E-state index contributed by atoms with van der Waals surface area (Å²) in [6.45, 7) is 4.27. The summed E-state index contributed by atoms with van der Waals surface area (Å²) in [6, 6.07) is 20.9. The number of hydrogen-bond acceptors (Lipinski definition) is 2. The van der Waals surface area contributed by atoms with Crippen LogP contribution in [0.4, 0.5) is 8.78 Å². The molecule has 3 aromatic carbocycles. The monoisotopic (exact) mass is 488 g/mol. The van der Waals surface area contributed by atoms with E-state index in [-0.39, 0.29) is 0 Å². The number of halogens is 2. The Bertz CT molecular complexity index is 1360. The van der Waals surface area contributed by atoms with E-state index >= 15 is 0 Å².